The highest BCUT2D eigenvalue weighted by Gasteiger charge is 2.43. The topological polar surface area (TPSA) is 79.2 Å². The van der Waals surface area contributed by atoms with E-state index in [0.29, 0.717) is 12.0 Å². The number of nitrogens with two attached hydrogens (primary N) is 1. The third-order valence-corrected chi connectivity index (χ3v) is 8.24. The van der Waals surface area contributed by atoms with Crippen LogP contribution in [0.4, 0.5) is 17.1 Å². The zero-order valence-corrected chi connectivity index (χ0v) is 20.0. The molecule has 1 saturated heterocycles. The second kappa shape index (κ2) is 7.60. The van der Waals surface area contributed by atoms with Gasteiger partial charge in [0, 0.05) is 24.2 Å². The van der Waals surface area contributed by atoms with Crippen LogP contribution in [0, 0.1) is 5.92 Å². The van der Waals surface area contributed by atoms with Crippen molar-refractivity contribution < 1.29 is 4.79 Å². The monoisotopic (exact) mass is 452 g/mol. The van der Waals surface area contributed by atoms with Gasteiger partial charge in [0.25, 0.3) is 0 Å². The molecule has 174 valence electrons. The van der Waals surface area contributed by atoms with Gasteiger partial charge in [0.15, 0.2) is 0 Å². The van der Waals surface area contributed by atoms with Gasteiger partial charge in [-0.2, -0.15) is 0 Å². The van der Waals surface area contributed by atoms with E-state index in [1.807, 2.05) is 19.2 Å². The number of piperidine rings is 1. The lowest BCUT2D eigenvalue weighted by atomic mass is 9.81. The summed E-state index contributed by atoms with van der Waals surface area (Å²) in [6, 6.07) is 19.7. The Kier molecular flexibility index (Phi) is 4.75. The fourth-order valence-corrected chi connectivity index (χ4v) is 6.32. The van der Waals surface area contributed by atoms with Gasteiger partial charge >= 0.3 is 0 Å². The number of anilines is 3. The molecule has 2 aliphatic carbocycles. The largest absolute Gasteiger partial charge is 0.397 e. The molecule has 6 rings (SSSR count). The predicted molar refractivity (Wildman–Crippen MR) is 140 cm³/mol. The smallest absolute Gasteiger partial charge is 0.241 e. The van der Waals surface area contributed by atoms with E-state index in [9.17, 15) is 4.79 Å². The number of fused-ring (bicyclic) bond motifs is 5. The van der Waals surface area contributed by atoms with Crippen molar-refractivity contribution in [2.24, 2.45) is 5.92 Å². The molecule has 0 unspecified atom stereocenters. The first-order valence-corrected chi connectivity index (χ1v) is 12.3. The van der Waals surface area contributed by atoms with Crippen molar-refractivity contribution in [1.29, 1.82) is 0 Å². The second-order valence-corrected chi connectivity index (χ2v) is 10.6. The average molecular weight is 453 g/mol. The van der Waals surface area contributed by atoms with Crippen LogP contribution >= 0.6 is 0 Å². The van der Waals surface area contributed by atoms with Crippen LogP contribution in [-0.2, 0) is 10.2 Å². The Hall–Kier alpha value is -3.31. The molecule has 2 fully saturated rings. The normalized spacial score (nSPS) is 23.4. The highest BCUT2D eigenvalue weighted by atomic mass is 16.2. The Morgan fingerprint density at radius 1 is 0.971 bits per heavy atom. The van der Waals surface area contributed by atoms with Gasteiger partial charge in [-0.3, -0.25) is 4.79 Å². The fraction of sp³-hybridized carbons (Fsp3) is 0.345. The van der Waals surface area contributed by atoms with E-state index >= 15 is 0 Å². The molecule has 1 heterocycles. The van der Waals surface area contributed by atoms with Gasteiger partial charge in [-0.25, -0.2) is 0 Å². The quantitative estimate of drug-likeness (QED) is 0.402. The van der Waals surface area contributed by atoms with E-state index in [1.165, 1.54) is 34.2 Å². The molecule has 1 saturated carbocycles. The van der Waals surface area contributed by atoms with Crippen molar-refractivity contribution in [1.82, 2.24) is 5.32 Å². The molecule has 0 radical (unpaired) electrons. The van der Waals surface area contributed by atoms with Crippen molar-refractivity contribution in [2.45, 2.75) is 50.6 Å². The minimum atomic E-state index is -0.161. The number of nitrogen functional groups attached to an aromatic ring is 1. The summed E-state index contributed by atoms with van der Waals surface area (Å²) in [4.78, 5) is 13.0. The molecular weight excluding hydrogens is 420 g/mol. The second-order valence-electron chi connectivity index (χ2n) is 10.6. The summed E-state index contributed by atoms with van der Waals surface area (Å²) in [6.45, 7) is 4.54. The number of benzene rings is 3. The van der Waals surface area contributed by atoms with Crippen LogP contribution in [0.2, 0.25) is 0 Å². The summed E-state index contributed by atoms with van der Waals surface area (Å²) in [5.41, 5.74) is 15.9. The van der Waals surface area contributed by atoms with E-state index in [0.717, 1.165) is 35.5 Å². The van der Waals surface area contributed by atoms with E-state index in [2.05, 4.69) is 72.3 Å². The standard InChI is InChI=1S/C29H32N4O/c1-29(2)23-13-16(17-6-11-25(30)26(14-17)31-3)5-9-21(23)22-10-8-20(15-24(22)29)33-28(34)27-18-4-7-19(12-18)32-27/h5-6,8-11,13-15,18-19,27,31-32H,4,7,12,30H2,1-3H3,(H,33,34)/t18-,19+,27-/m0/s1. The van der Waals surface area contributed by atoms with Crippen molar-refractivity contribution in [3.05, 3.63) is 65.7 Å². The predicted octanol–water partition coefficient (Wildman–Crippen LogP) is 5.36. The van der Waals surface area contributed by atoms with Crippen molar-refractivity contribution in [3.8, 4) is 22.3 Å². The molecular formula is C29H32N4O. The summed E-state index contributed by atoms with van der Waals surface area (Å²) < 4.78 is 0. The molecule has 0 aromatic heterocycles. The summed E-state index contributed by atoms with van der Waals surface area (Å²) in [5, 5.41) is 9.87. The van der Waals surface area contributed by atoms with Crippen molar-refractivity contribution in [3.63, 3.8) is 0 Å². The number of amides is 1. The maximum atomic E-state index is 13.0. The van der Waals surface area contributed by atoms with E-state index in [1.54, 1.807) is 0 Å². The molecule has 3 aromatic carbocycles. The number of hydrogen-bond donors (Lipinski definition) is 4. The number of hydrogen-bond acceptors (Lipinski definition) is 4. The molecule has 2 bridgehead atoms. The fourth-order valence-electron chi connectivity index (χ4n) is 6.32. The van der Waals surface area contributed by atoms with Crippen LogP contribution in [-0.4, -0.2) is 25.0 Å². The molecule has 5 heteroatoms. The van der Waals surface area contributed by atoms with E-state index in [-0.39, 0.29) is 17.4 Å². The van der Waals surface area contributed by atoms with Gasteiger partial charge in [0.1, 0.15) is 0 Å². The first-order valence-electron chi connectivity index (χ1n) is 12.3. The molecule has 0 spiro atoms. The van der Waals surface area contributed by atoms with E-state index in [4.69, 9.17) is 5.73 Å². The first kappa shape index (κ1) is 21.2. The Bertz CT molecular complexity index is 1310. The van der Waals surface area contributed by atoms with Gasteiger partial charge in [-0.15, -0.1) is 0 Å². The van der Waals surface area contributed by atoms with E-state index < -0.39 is 0 Å². The average Bonchev–Trinajstić information content (AvgIpc) is 3.53. The van der Waals surface area contributed by atoms with Gasteiger partial charge in [-0.05, 0) is 88.9 Å². The van der Waals surface area contributed by atoms with Gasteiger partial charge < -0.3 is 21.7 Å². The number of carbonyl (C=O) groups is 1. The first-order chi connectivity index (χ1) is 16.3. The molecule has 34 heavy (non-hydrogen) atoms. The summed E-state index contributed by atoms with van der Waals surface area (Å²) in [5.74, 6) is 0.585. The van der Waals surface area contributed by atoms with Crippen molar-refractivity contribution >= 4 is 23.0 Å². The van der Waals surface area contributed by atoms with Crippen LogP contribution in [0.3, 0.4) is 0 Å². The number of carbonyl (C=O) groups excluding carboxylic acids is 1. The zero-order chi connectivity index (χ0) is 23.6. The zero-order valence-electron chi connectivity index (χ0n) is 20.0. The third kappa shape index (κ3) is 3.22. The SMILES string of the molecule is CNc1cc(-c2ccc3c(c2)C(C)(C)c2cc(NC(=O)[C@H]4N[C@@H]5CC[C@H]4C5)ccc2-3)ccc1N. The lowest BCUT2D eigenvalue weighted by molar-refractivity contribution is -0.119. The van der Waals surface area contributed by atoms with Gasteiger partial charge in [0.2, 0.25) is 5.91 Å². The summed E-state index contributed by atoms with van der Waals surface area (Å²) in [7, 11) is 1.89. The minimum Gasteiger partial charge on any atom is -0.397 e. The third-order valence-electron chi connectivity index (χ3n) is 8.24. The van der Waals surface area contributed by atoms with Gasteiger partial charge in [-0.1, -0.05) is 38.1 Å². The Morgan fingerprint density at radius 3 is 2.38 bits per heavy atom. The lowest BCUT2D eigenvalue weighted by Crippen LogP contribution is -2.44. The van der Waals surface area contributed by atoms with Gasteiger partial charge in [0.05, 0.1) is 17.4 Å². The van der Waals surface area contributed by atoms with Crippen LogP contribution in [0.1, 0.15) is 44.2 Å². The Balaban J connectivity index is 1.31. The van der Waals surface area contributed by atoms with Crippen LogP contribution in [0.5, 0.6) is 0 Å². The highest BCUT2D eigenvalue weighted by molar-refractivity contribution is 5.96. The molecule has 3 atom stereocenters. The van der Waals surface area contributed by atoms with Crippen LogP contribution in [0.25, 0.3) is 22.3 Å². The summed E-state index contributed by atoms with van der Waals surface area (Å²) in [6.07, 6.45) is 3.50. The lowest BCUT2D eigenvalue weighted by Gasteiger charge is -2.24. The molecule has 5 nitrogen and oxygen atoms in total. The highest BCUT2D eigenvalue weighted by Crippen LogP contribution is 2.50. The van der Waals surface area contributed by atoms with Crippen LogP contribution in [0.15, 0.2) is 54.6 Å². The molecule has 3 aromatic rings. The maximum Gasteiger partial charge on any atom is 0.241 e. The number of nitrogens with one attached hydrogen (secondary N) is 3. The number of rotatable bonds is 4. The van der Waals surface area contributed by atoms with Crippen molar-refractivity contribution in [2.75, 3.05) is 23.4 Å². The minimum absolute atomic E-state index is 0.0535. The molecule has 5 N–H and O–H groups in total. The summed E-state index contributed by atoms with van der Waals surface area (Å²) >= 11 is 0. The molecule has 3 aliphatic rings. The molecule has 1 amide bonds. The Labute approximate surface area is 201 Å². The molecule has 1 aliphatic heterocycles. The maximum absolute atomic E-state index is 13.0. The Morgan fingerprint density at radius 2 is 1.68 bits per heavy atom. The van der Waals surface area contributed by atoms with Crippen LogP contribution < -0.4 is 21.7 Å².